The Hall–Kier alpha value is -1.78. The first kappa shape index (κ1) is 17.1. The quantitative estimate of drug-likeness (QED) is 0.867. The third kappa shape index (κ3) is 3.65. The fourth-order valence-corrected chi connectivity index (χ4v) is 3.88. The van der Waals surface area contributed by atoms with Crippen LogP contribution in [0.1, 0.15) is 52.0 Å². The van der Waals surface area contributed by atoms with E-state index in [0.717, 1.165) is 36.9 Å². The average molecular weight is 334 g/mol. The minimum Gasteiger partial charge on any atom is -0.444 e. The van der Waals surface area contributed by atoms with Crippen LogP contribution in [0.4, 0.5) is 14.9 Å². The lowest BCUT2D eigenvalue weighted by atomic mass is 9.97. The van der Waals surface area contributed by atoms with E-state index in [4.69, 9.17) is 4.74 Å². The molecule has 0 aliphatic carbocycles. The molecule has 2 unspecified atom stereocenters. The van der Waals surface area contributed by atoms with E-state index in [1.165, 1.54) is 6.07 Å². The summed E-state index contributed by atoms with van der Waals surface area (Å²) in [6, 6.07) is 5.52. The van der Waals surface area contributed by atoms with Crippen molar-refractivity contribution in [3.05, 3.63) is 29.6 Å². The molecule has 1 aromatic carbocycles. The van der Waals surface area contributed by atoms with Crippen molar-refractivity contribution in [2.45, 2.75) is 77.1 Å². The maximum Gasteiger partial charge on any atom is 0.410 e. The lowest BCUT2D eigenvalue weighted by Gasteiger charge is -2.40. The van der Waals surface area contributed by atoms with Crippen molar-refractivity contribution in [2.75, 3.05) is 5.32 Å². The van der Waals surface area contributed by atoms with E-state index in [-0.39, 0.29) is 30.0 Å². The zero-order chi connectivity index (χ0) is 17.5. The first-order chi connectivity index (χ1) is 11.2. The predicted molar refractivity (Wildman–Crippen MR) is 92.7 cm³/mol. The van der Waals surface area contributed by atoms with Crippen molar-refractivity contribution >= 4 is 11.8 Å². The van der Waals surface area contributed by atoms with Crippen LogP contribution in [-0.2, 0) is 4.74 Å². The van der Waals surface area contributed by atoms with E-state index in [0.29, 0.717) is 0 Å². The number of piperidine rings is 1. The number of rotatable bonds is 2. The van der Waals surface area contributed by atoms with Gasteiger partial charge in [-0.25, -0.2) is 9.18 Å². The number of fused-ring (bicyclic) bond motifs is 2. The number of carbonyl (C=O) groups is 1. The van der Waals surface area contributed by atoms with Crippen molar-refractivity contribution in [3.8, 4) is 0 Å². The fraction of sp³-hybridized carbons (Fsp3) is 0.632. The summed E-state index contributed by atoms with van der Waals surface area (Å²) in [6.07, 6.45) is 3.60. The molecule has 1 amide bonds. The van der Waals surface area contributed by atoms with Gasteiger partial charge in [-0.05, 0) is 71.1 Å². The summed E-state index contributed by atoms with van der Waals surface area (Å²) in [5, 5.41) is 3.48. The molecule has 2 fully saturated rings. The van der Waals surface area contributed by atoms with Gasteiger partial charge in [-0.1, -0.05) is 6.07 Å². The molecule has 132 valence electrons. The largest absolute Gasteiger partial charge is 0.444 e. The van der Waals surface area contributed by atoms with Gasteiger partial charge in [0.05, 0.1) is 0 Å². The summed E-state index contributed by atoms with van der Waals surface area (Å²) in [5.74, 6) is -0.225. The molecule has 0 spiro atoms. The van der Waals surface area contributed by atoms with Crippen LogP contribution >= 0.6 is 0 Å². The Labute approximate surface area is 143 Å². The lowest BCUT2D eigenvalue weighted by molar-refractivity contribution is 0.00683. The van der Waals surface area contributed by atoms with Gasteiger partial charge in [0.1, 0.15) is 11.4 Å². The molecule has 1 aromatic rings. The lowest BCUT2D eigenvalue weighted by Crippen LogP contribution is -2.51. The fourth-order valence-electron chi connectivity index (χ4n) is 3.88. The highest BCUT2D eigenvalue weighted by Crippen LogP contribution is 2.38. The first-order valence-corrected chi connectivity index (χ1v) is 8.77. The molecule has 2 aliphatic rings. The molecule has 3 rings (SSSR count). The topological polar surface area (TPSA) is 41.6 Å². The molecule has 24 heavy (non-hydrogen) atoms. The highest BCUT2D eigenvalue weighted by atomic mass is 19.1. The SMILES string of the molecule is Cc1ccc(F)cc1NC1CC2CCC(C1)N2C(=O)OC(C)(C)C. The molecule has 0 radical (unpaired) electrons. The van der Waals surface area contributed by atoms with Crippen molar-refractivity contribution in [1.82, 2.24) is 4.90 Å². The second kappa shape index (κ2) is 6.26. The molecule has 2 bridgehead atoms. The maximum atomic E-state index is 13.5. The van der Waals surface area contributed by atoms with Crippen LogP contribution < -0.4 is 5.32 Å². The third-order valence-electron chi connectivity index (χ3n) is 4.90. The van der Waals surface area contributed by atoms with Gasteiger partial charge in [0.2, 0.25) is 0 Å². The molecular formula is C19H27FN2O2. The van der Waals surface area contributed by atoms with Crippen LogP contribution in [0.2, 0.25) is 0 Å². The minimum atomic E-state index is -0.468. The monoisotopic (exact) mass is 334 g/mol. The van der Waals surface area contributed by atoms with Gasteiger partial charge < -0.3 is 15.0 Å². The highest BCUT2D eigenvalue weighted by Gasteiger charge is 2.44. The highest BCUT2D eigenvalue weighted by molar-refractivity contribution is 5.70. The number of halogens is 1. The standard InChI is InChI=1S/C19H27FN2O2/c1-12-5-6-13(20)9-17(12)21-14-10-15-7-8-16(11-14)22(15)18(23)24-19(2,3)4/h5-6,9,14-16,21H,7-8,10-11H2,1-4H3. The zero-order valence-electron chi connectivity index (χ0n) is 14.9. The van der Waals surface area contributed by atoms with Crippen LogP contribution in [0.3, 0.4) is 0 Å². The summed E-state index contributed by atoms with van der Waals surface area (Å²) in [6.45, 7) is 7.67. The minimum absolute atomic E-state index is 0.199. The Bertz CT molecular complexity index is 612. The third-order valence-corrected chi connectivity index (χ3v) is 4.90. The van der Waals surface area contributed by atoms with Crippen LogP contribution in [0.5, 0.6) is 0 Å². The molecular weight excluding hydrogens is 307 g/mol. The molecule has 0 aromatic heterocycles. The van der Waals surface area contributed by atoms with Gasteiger partial charge in [0.25, 0.3) is 0 Å². The zero-order valence-corrected chi connectivity index (χ0v) is 14.9. The van der Waals surface area contributed by atoms with Crippen molar-refractivity contribution in [3.63, 3.8) is 0 Å². The van der Waals surface area contributed by atoms with Gasteiger partial charge >= 0.3 is 6.09 Å². The van der Waals surface area contributed by atoms with Crippen LogP contribution in [0.15, 0.2) is 18.2 Å². The Morgan fingerprint density at radius 3 is 2.46 bits per heavy atom. The van der Waals surface area contributed by atoms with Crippen LogP contribution in [0.25, 0.3) is 0 Å². The molecule has 2 heterocycles. The normalized spacial score (nSPS) is 26.4. The summed E-state index contributed by atoms with van der Waals surface area (Å²) in [5.41, 5.74) is 1.42. The van der Waals surface area contributed by atoms with E-state index >= 15 is 0 Å². The second-order valence-corrected chi connectivity index (χ2v) is 8.04. The summed E-state index contributed by atoms with van der Waals surface area (Å²) >= 11 is 0. The van der Waals surface area contributed by atoms with E-state index in [9.17, 15) is 9.18 Å². The number of nitrogens with one attached hydrogen (secondary N) is 1. The van der Waals surface area contributed by atoms with Gasteiger partial charge in [0.15, 0.2) is 0 Å². The molecule has 4 nitrogen and oxygen atoms in total. The van der Waals surface area contributed by atoms with Crippen molar-refractivity contribution in [1.29, 1.82) is 0 Å². The molecule has 2 aliphatic heterocycles. The number of ether oxygens (including phenoxy) is 1. The molecule has 0 saturated carbocycles. The number of carbonyl (C=O) groups excluding carboxylic acids is 1. The van der Waals surface area contributed by atoms with E-state index in [2.05, 4.69) is 5.32 Å². The maximum absolute atomic E-state index is 13.5. The number of anilines is 1. The number of amides is 1. The van der Waals surface area contributed by atoms with Gasteiger partial charge in [0, 0.05) is 23.8 Å². The summed E-state index contributed by atoms with van der Waals surface area (Å²) < 4.78 is 19.0. The van der Waals surface area contributed by atoms with E-state index < -0.39 is 5.60 Å². The number of aryl methyl sites for hydroxylation is 1. The summed E-state index contributed by atoms with van der Waals surface area (Å²) in [4.78, 5) is 14.4. The number of hydrogen-bond donors (Lipinski definition) is 1. The van der Waals surface area contributed by atoms with Crippen molar-refractivity contribution in [2.24, 2.45) is 0 Å². The second-order valence-electron chi connectivity index (χ2n) is 8.04. The number of hydrogen-bond acceptors (Lipinski definition) is 3. The average Bonchev–Trinajstić information content (AvgIpc) is 2.73. The smallest absolute Gasteiger partial charge is 0.410 e. The predicted octanol–water partition coefficient (Wildman–Crippen LogP) is 4.48. The van der Waals surface area contributed by atoms with Gasteiger partial charge in [-0.3, -0.25) is 0 Å². The number of nitrogens with zero attached hydrogens (tertiary/aromatic N) is 1. The van der Waals surface area contributed by atoms with Crippen LogP contribution in [0, 0.1) is 12.7 Å². The Morgan fingerprint density at radius 2 is 1.88 bits per heavy atom. The van der Waals surface area contributed by atoms with Gasteiger partial charge in [-0.15, -0.1) is 0 Å². The van der Waals surface area contributed by atoms with E-state index in [1.807, 2.05) is 32.6 Å². The van der Waals surface area contributed by atoms with Crippen LogP contribution in [-0.4, -0.2) is 34.7 Å². The van der Waals surface area contributed by atoms with E-state index in [1.54, 1.807) is 12.1 Å². The van der Waals surface area contributed by atoms with Gasteiger partial charge in [-0.2, -0.15) is 0 Å². The first-order valence-electron chi connectivity index (χ1n) is 8.77. The number of benzene rings is 1. The Kier molecular flexibility index (Phi) is 4.45. The van der Waals surface area contributed by atoms with Crippen molar-refractivity contribution < 1.29 is 13.9 Å². The molecule has 2 atom stereocenters. The Morgan fingerprint density at radius 1 is 1.25 bits per heavy atom. The molecule has 5 heteroatoms. The molecule has 2 saturated heterocycles. The molecule has 1 N–H and O–H groups in total. The summed E-state index contributed by atoms with van der Waals surface area (Å²) in [7, 11) is 0. The Balaban J connectivity index is 1.67.